The molecule has 2 heterocycles. The maximum atomic E-state index is 6.20. The van der Waals surface area contributed by atoms with E-state index in [1.807, 2.05) is 66.7 Å². The lowest BCUT2D eigenvalue weighted by molar-refractivity contribution is 0.00578. The van der Waals surface area contributed by atoms with E-state index in [2.05, 4.69) is 46.8 Å². The summed E-state index contributed by atoms with van der Waals surface area (Å²) in [4.78, 5) is 14.4. The van der Waals surface area contributed by atoms with E-state index in [1.54, 1.807) is 0 Å². The summed E-state index contributed by atoms with van der Waals surface area (Å²) in [5, 5.41) is 0. The molecule has 5 nitrogen and oxygen atoms in total. The fourth-order valence-corrected chi connectivity index (χ4v) is 3.90. The van der Waals surface area contributed by atoms with Crippen molar-refractivity contribution >= 4 is 12.6 Å². The molecule has 34 heavy (non-hydrogen) atoms. The fourth-order valence-electron chi connectivity index (χ4n) is 3.90. The summed E-state index contributed by atoms with van der Waals surface area (Å²) in [6.45, 7) is 10.3. The molecule has 3 aromatic carbocycles. The number of hydrogen-bond donors (Lipinski definition) is 0. The molecule has 0 radical (unpaired) electrons. The molecular formula is C28H28BN3O2. The van der Waals surface area contributed by atoms with Crippen molar-refractivity contribution in [2.24, 2.45) is 0 Å². The molecule has 1 aliphatic rings. The summed E-state index contributed by atoms with van der Waals surface area (Å²) >= 11 is 0. The maximum Gasteiger partial charge on any atom is 0.494 e. The topological polar surface area (TPSA) is 57.1 Å². The zero-order valence-corrected chi connectivity index (χ0v) is 20.2. The molecular weight excluding hydrogens is 421 g/mol. The summed E-state index contributed by atoms with van der Waals surface area (Å²) in [6.07, 6.45) is 0. The van der Waals surface area contributed by atoms with Crippen LogP contribution in [0.4, 0.5) is 0 Å². The van der Waals surface area contributed by atoms with Crippen LogP contribution in [-0.4, -0.2) is 33.3 Å². The molecule has 0 bridgehead atoms. The third-order valence-electron chi connectivity index (χ3n) is 6.64. The first-order chi connectivity index (χ1) is 16.2. The van der Waals surface area contributed by atoms with Crippen LogP contribution in [0.5, 0.6) is 0 Å². The Morgan fingerprint density at radius 3 is 1.65 bits per heavy atom. The van der Waals surface area contributed by atoms with E-state index in [0.29, 0.717) is 17.5 Å². The summed E-state index contributed by atoms with van der Waals surface area (Å²) in [6, 6.07) is 26.3. The van der Waals surface area contributed by atoms with Gasteiger partial charge in [0.05, 0.1) is 11.2 Å². The third-order valence-corrected chi connectivity index (χ3v) is 6.64. The predicted octanol–water partition coefficient (Wildman–Crippen LogP) is 5.48. The third kappa shape index (κ3) is 4.27. The SMILES string of the molecule is Cc1cccc(-c2nc(-c3ccccc3)nc(-c3ccc(B4OC(C)(C)C(C)(C)O4)cc3)n2)c1. The van der Waals surface area contributed by atoms with Crippen molar-refractivity contribution in [2.75, 3.05) is 0 Å². The first-order valence-corrected chi connectivity index (χ1v) is 11.6. The van der Waals surface area contributed by atoms with E-state index in [4.69, 9.17) is 24.3 Å². The molecule has 0 N–H and O–H groups in total. The highest BCUT2D eigenvalue weighted by Crippen LogP contribution is 2.36. The van der Waals surface area contributed by atoms with Crippen molar-refractivity contribution in [3.63, 3.8) is 0 Å². The summed E-state index contributed by atoms with van der Waals surface area (Å²) in [7, 11) is -0.403. The first kappa shape index (κ1) is 22.4. The number of rotatable bonds is 4. The molecule has 1 saturated heterocycles. The number of nitrogens with zero attached hydrogens (tertiary/aromatic N) is 3. The number of hydrogen-bond acceptors (Lipinski definition) is 5. The molecule has 170 valence electrons. The van der Waals surface area contributed by atoms with E-state index < -0.39 is 7.12 Å². The average molecular weight is 449 g/mol. The second kappa shape index (κ2) is 8.46. The van der Waals surface area contributed by atoms with Gasteiger partial charge in [0, 0.05) is 16.7 Å². The minimum Gasteiger partial charge on any atom is -0.399 e. The van der Waals surface area contributed by atoms with E-state index in [0.717, 1.165) is 27.7 Å². The van der Waals surface area contributed by atoms with Gasteiger partial charge in [-0.15, -0.1) is 0 Å². The predicted molar refractivity (Wildman–Crippen MR) is 137 cm³/mol. The quantitative estimate of drug-likeness (QED) is 0.386. The molecule has 4 aromatic rings. The van der Waals surface area contributed by atoms with E-state index >= 15 is 0 Å². The van der Waals surface area contributed by atoms with Crippen LogP contribution >= 0.6 is 0 Å². The highest BCUT2D eigenvalue weighted by atomic mass is 16.7. The second-order valence-corrected chi connectivity index (χ2v) is 9.75. The molecule has 0 aliphatic carbocycles. The summed E-state index contributed by atoms with van der Waals surface area (Å²) in [5.74, 6) is 1.94. The van der Waals surface area contributed by atoms with Crippen LogP contribution in [0.15, 0.2) is 78.9 Å². The molecule has 0 saturated carbocycles. The normalized spacial score (nSPS) is 16.6. The van der Waals surface area contributed by atoms with Crippen LogP contribution in [0.25, 0.3) is 34.2 Å². The first-order valence-electron chi connectivity index (χ1n) is 11.6. The molecule has 6 heteroatoms. The molecule has 0 amide bonds. The maximum absolute atomic E-state index is 6.20. The Hall–Kier alpha value is -3.35. The Morgan fingerprint density at radius 1 is 0.588 bits per heavy atom. The van der Waals surface area contributed by atoms with E-state index in [-0.39, 0.29) is 11.2 Å². The van der Waals surface area contributed by atoms with Gasteiger partial charge in [-0.2, -0.15) is 0 Å². The van der Waals surface area contributed by atoms with Crippen molar-refractivity contribution in [3.05, 3.63) is 84.4 Å². The number of aryl methyl sites for hydroxylation is 1. The van der Waals surface area contributed by atoms with E-state index in [1.165, 1.54) is 0 Å². The largest absolute Gasteiger partial charge is 0.494 e. The van der Waals surface area contributed by atoms with Gasteiger partial charge in [0.1, 0.15) is 0 Å². The zero-order chi connectivity index (χ0) is 23.9. The Bertz CT molecular complexity index is 1310. The monoisotopic (exact) mass is 449 g/mol. The lowest BCUT2D eigenvalue weighted by Crippen LogP contribution is -2.41. The van der Waals surface area contributed by atoms with Crippen LogP contribution in [0.1, 0.15) is 33.3 Å². The van der Waals surface area contributed by atoms with Gasteiger partial charge in [-0.1, -0.05) is 78.4 Å². The number of benzene rings is 3. The Balaban J connectivity index is 1.54. The van der Waals surface area contributed by atoms with Crippen LogP contribution in [0.3, 0.4) is 0 Å². The smallest absolute Gasteiger partial charge is 0.399 e. The Labute approximate surface area is 201 Å². The van der Waals surface area contributed by atoms with Gasteiger partial charge in [-0.25, -0.2) is 15.0 Å². The van der Waals surface area contributed by atoms with Gasteiger partial charge in [-0.3, -0.25) is 0 Å². The highest BCUT2D eigenvalue weighted by Gasteiger charge is 2.51. The average Bonchev–Trinajstić information content (AvgIpc) is 3.06. The Kier molecular flexibility index (Phi) is 5.58. The van der Waals surface area contributed by atoms with Crippen molar-refractivity contribution < 1.29 is 9.31 Å². The van der Waals surface area contributed by atoms with Crippen molar-refractivity contribution in [3.8, 4) is 34.2 Å². The Morgan fingerprint density at radius 2 is 1.09 bits per heavy atom. The van der Waals surface area contributed by atoms with Gasteiger partial charge in [-0.05, 0) is 46.1 Å². The summed E-state index contributed by atoms with van der Waals surface area (Å²) in [5.41, 5.74) is 4.21. The highest BCUT2D eigenvalue weighted by molar-refractivity contribution is 6.62. The lowest BCUT2D eigenvalue weighted by Gasteiger charge is -2.32. The molecule has 1 fully saturated rings. The summed E-state index contributed by atoms with van der Waals surface area (Å²) < 4.78 is 12.4. The van der Waals surface area contributed by atoms with Crippen LogP contribution in [0, 0.1) is 6.92 Å². The van der Waals surface area contributed by atoms with Gasteiger partial charge in [0.15, 0.2) is 17.5 Å². The van der Waals surface area contributed by atoms with Crippen LogP contribution < -0.4 is 5.46 Å². The molecule has 5 rings (SSSR count). The van der Waals surface area contributed by atoms with Crippen LogP contribution in [-0.2, 0) is 9.31 Å². The zero-order valence-electron chi connectivity index (χ0n) is 20.2. The lowest BCUT2D eigenvalue weighted by atomic mass is 9.79. The van der Waals surface area contributed by atoms with Gasteiger partial charge < -0.3 is 9.31 Å². The van der Waals surface area contributed by atoms with Crippen molar-refractivity contribution in [1.29, 1.82) is 0 Å². The van der Waals surface area contributed by atoms with Gasteiger partial charge >= 0.3 is 7.12 Å². The number of aromatic nitrogens is 3. The molecule has 0 atom stereocenters. The standard InChI is InChI=1S/C28H28BN3O2/c1-19-10-9-13-22(18-19)26-31-24(20-11-7-6-8-12-20)30-25(32-26)21-14-16-23(17-15-21)29-33-27(2,3)28(4,5)34-29/h6-18H,1-5H3. The molecule has 1 aliphatic heterocycles. The minimum absolute atomic E-state index is 0.377. The second-order valence-electron chi connectivity index (χ2n) is 9.75. The fraction of sp³-hybridized carbons (Fsp3) is 0.250. The van der Waals surface area contributed by atoms with Crippen molar-refractivity contribution in [2.45, 2.75) is 45.8 Å². The van der Waals surface area contributed by atoms with Gasteiger partial charge in [0.25, 0.3) is 0 Å². The van der Waals surface area contributed by atoms with E-state index in [9.17, 15) is 0 Å². The minimum atomic E-state index is -0.403. The molecule has 0 unspecified atom stereocenters. The molecule has 0 spiro atoms. The van der Waals surface area contributed by atoms with Crippen LogP contribution in [0.2, 0.25) is 0 Å². The van der Waals surface area contributed by atoms with Gasteiger partial charge in [0.2, 0.25) is 0 Å². The molecule has 1 aromatic heterocycles. The van der Waals surface area contributed by atoms with Crippen molar-refractivity contribution in [1.82, 2.24) is 15.0 Å².